The molecule has 0 unspecified atom stereocenters. The quantitative estimate of drug-likeness (QED) is 0.613. The normalized spacial score (nSPS) is 15.7. The standard InChI is InChI=1S/C26H27N3O4/c1-17(30)27-19-8-5-9-20(15-19)28-25(31)18-7-6-14-29(16-18)26(32)23-12-13-24(33-2)22-11-4-3-10-21(22)23/h3-5,8-13,15,18H,6-7,14,16H2,1-2H3,(H,27,30)(H,28,31)/t18-/m0/s1. The average molecular weight is 446 g/mol. The fraction of sp³-hybridized carbons (Fsp3) is 0.269. The van der Waals surface area contributed by atoms with E-state index in [1.807, 2.05) is 30.3 Å². The Morgan fingerprint density at radius 3 is 2.39 bits per heavy atom. The van der Waals surface area contributed by atoms with Crippen LogP contribution in [0.3, 0.4) is 0 Å². The minimum absolute atomic E-state index is 0.0843. The van der Waals surface area contributed by atoms with Crippen molar-refractivity contribution in [1.29, 1.82) is 0 Å². The van der Waals surface area contributed by atoms with Gasteiger partial charge in [-0.05, 0) is 48.6 Å². The number of piperidine rings is 1. The molecule has 0 aromatic heterocycles. The van der Waals surface area contributed by atoms with Crippen LogP contribution in [-0.4, -0.2) is 42.8 Å². The van der Waals surface area contributed by atoms with Gasteiger partial charge in [-0.1, -0.05) is 30.3 Å². The van der Waals surface area contributed by atoms with Gasteiger partial charge in [0, 0.05) is 42.3 Å². The van der Waals surface area contributed by atoms with E-state index in [1.165, 1.54) is 6.92 Å². The van der Waals surface area contributed by atoms with Crippen LogP contribution in [0, 0.1) is 5.92 Å². The number of nitrogens with one attached hydrogen (secondary N) is 2. The lowest BCUT2D eigenvalue weighted by atomic mass is 9.95. The van der Waals surface area contributed by atoms with Gasteiger partial charge in [0.25, 0.3) is 5.91 Å². The summed E-state index contributed by atoms with van der Waals surface area (Å²) in [6.07, 6.45) is 1.47. The van der Waals surface area contributed by atoms with Gasteiger partial charge in [0.05, 0.1) is 13.0 Å². The summed E-state index contributed by atoms with van der Waals surface area (Å²) >= 11 is 0. The smallest absolute Gasteiger partial charge is 0.254 e. The first-order valence-corrected chi connectivity index (χ1v) is 11.0. The number of hydrogen-bond acceptors (Lipinski definition) is 4. The number of likely N-dealkylation sites (tertiary alicyclic amines) is 1. The third kappa shape index (κ3) is 4.98. The van der Waals surface area contributed by atoms with E-state index >= 15 is 0 Å². The molecule has 1 heterocycles. The van der Waals surface area contributed by atoms with Crippen LogP contribution in [0.4, 0.5) is 11.4 Å². The van der Waals surface area contributed by atoms with E-state index < -0.39 is 0 Å². The first-order chi connectivity index (χ1) is 16.0. The number of carbonyl (C=O) groups excluding carboxylic acids is 3. The van der Waals surface area contributed by atoms with E-state index in [4.69, 9.17) is 4.74 Å². The Balaban J connectivity index is 1.49. The predicted molar refractivity (Wildman–Crippen MR) is 129 cm³/mol. The number of fused-ring (bicyclic) bond motifs is 1. The molecule has 7 nitrogen and oxygen atoms in total. The SMILES string of the molecule is COc1ccc(C(=O)N2CCC[C@H](C(=O)Nc3cccc(NC(C)=O)c3)C2)c2ccccc12. The molecule has 0 spiro atoms. The average Bonchev–Trinajstić information content (AvgIpc) is 2.83. The van der Waals surface area contributed by atoms with Crippen molar-refractivity contribution in [3.8, 4) is 5.75 Å². The molecule has 3 aromatic rings. The highest BCUT2D eigenvalue weighted by Crippen LogP contribution is 2.30. The van der Waals surface area contributed by atoms with E-state index in [1.54, 1.807) is 42.3 Å². The maximum atomic E-state index is 13.4. The highest BCUT2D eigenvalue weighted by atomic mass is 16.5. The first-order valence-electron chi connectivity index (χ1n) is 11.0. The first kappa shape index (κ1) is 22.3. The molecule has 0 saturated carbocycles. The van der Waals surface area contributed by atoms with Crippen molar-refractivity contribution in [3.05, 3.63) is 66.2 Å². The van der Waals surface area contributed by atoms with Gasteiger partial charge in [-0.15, -0.1) is 0 Å². The Morgan fingerprint density at radius 1 is 0.939 bits per heavy atom. The number of carbonyl (C=O) groups is 3. The van der Waals surface area contributed by atoms with Gasteiger partial charge < -0.3 is 20.3 Å². The molecule has 1 aliphatic heterocycles. The Kier molecular flexibility index (Phi) is 6.58. The van der Waals surface area contributed by atoms with Crippen molar-refractivity contribution >= 4 is 39.9 Å². The van der Waals surface area contributed by atoms with Crippen molar-refractivity contribution in [2.75, 3.05) is 30.8 Å². The van der Waals surface area contributed by atoms with Gasteiger partial charge in [0.1, 0.15) is 5.75 Å². The Morgan fingerprint density at radius 2 is 1.67 bits per heavy atom. The Bertz CT molecular complexity index is 1210. The van der Waals surface area contributed by atoms with Crippen molar-refractivity contribution in [2.45, 2.75) is 19.8 Å². The number of nitrogens with zero attached hydrogens (tertiary/aromatic N) is 1. The number of hydrogen-bond donors (Lipinski definition) is 2. The van der Waals surface area contributed by atoms with Crippen LogP contribution in [0.15, 0.2) is 60.7 Å². The second-order valence-corrected chi connectivity index (χ2v) is 8.20. The number of rotatable bonds is 5. The van der Waals surface area contributed by atoms with E-state index in [0.717, 1.165) is 22.9 Å². The zero-order chi connectivity index (χ0) is 23.4. The molecule has 1 saturated heterocycles. The molecule has 1 fully saturated rings. The summed E-state index contributed by atoms with van der Waals surface area (Å²) in [7, 11) is 1.61. The highest BCUT2D eigenvalue weighted by Gasteiger charge is 2.30. The zero-order valence-electron chi connectivity index (χ0n) is 18.8. The third-order valence-corrected chi connectivity index (χ3v) is 5.86. The molecule has 4 rings (SSSR count). The van der Waals surface area contributed by atoms with Gasteiger partial charge in [-0.2, -0.15) is 0 Å². The minimum Gasteiger partial charge on any atom is -0.496 e. The maximum Gasteiger partial charge on any atom is 0.254 e. The van der Waals surface area contributed by atoms with Crippen LogP contribution < -0.4 is 15.4 Å². The lowest BCUT2D eigenvalue weighted by molar-refractivity contribution is -0.121. The molecule has 0 bridgehead atoms. The van der Waals surface area contributed by atoms with Gasteiger partial charge in [0.2, 0.25) is 11.8 Å². The van der Waals surface area contributed by atoms with Crippen molar-refractivity contribution in [3.63, 3.8) is 0 Å². The van der Waals surface area contributed by atoms with E-state index in [-0.39, 0.29) is 23.6 Å². The van der Waals surface area contributed by atoms with Crippen LogP contribution in [0.1, 0.15) is 30.1 Å². The molecule has 0 aliphatic carbocycles. The van der Waals surface area contributed by atoms with Crippen LogP contribution in [-0.2, 0) is 9.59 Å². The predicted octanol–water partition coefficient (Wildman–Crippen LogP) is 4.30. The van der Waals surface area contributed by atoms with Gasteiger partial charge in [0.15, 0.2) is 0 Å². The molecule has 3 amide bonds. The summed E-state index contributed by atoms with van der Waals surface area (Å²) in [5.41, 5.74) is 1.83. The van der Waals surface area contributed by atoms with Gasteiger partial charge in [-0.3, -0.25) is 14.4 Å². The zero-order valence-corrected chi connectivity index (χ0v) is 18.8. The molecule has 3 aromatic carbocycles. The number of benzene rings is 3. The summed E-state index contributed by atoms with van der Waals surface area (Å²) in [6.45, 7) is 2.41. The van der Waals surface area contributed by atoms with Gasteiger partial charge in [-0.25, -0.2) is 0 Å². The summed E-state index contributed by atoms with van der Waals surface area (Å²) in [5, 5.41) is 7.35. The summed E-state index contributed by atoms with van der Waals surface area (Å²) in [5.74, 6) is 0.0215. The van der Waals surface area contributed by atoms with Crippen molar-refractivity contribution < 1.29 is 19.1 Å². The monoisotopic (exact) mass is 445 g/mol. The molecule has 7 heteroatoms. The second kappa shape index (κ2) is 9.73. The topological polar surface area (TPSA) is 87.7 Å². The lowest BCUT2D eigenvalue weighted by Crippen LogP contribution is -2.43. The molecule has 0 radical (unpaired) electrons. The minimum atomic E-state index is -0.309. The van der Waals surface area contributed by atoms with E-state index in [9.17, 15) is 14.4 Å². The molecule has 170 valence electrons. The number of amides is 3. The molecular weight excluding hydrogens is 418 g/mol. The molecule has 1 aliphatic rings. The Labute approximate surface area is 192 Å². The van der Waals surface area contributed by atoms with Crippen molar-refractivity contribution in [2.24, 2.45) is 5.92 Å². The van der Waals surface area contributed by atoms with Crippen LogP contribution in [0.2, 0.25) is 0 Å². The number of ether oxygens (including phenoxy) is 1. The van der Waals surface area contributed by atoms with Crippen LogP contribution in [0.25, 0.3) is 10.8 Å². The number of anilines is 2. The molecular formula is C26H27N3O4. The Hall–Kier alpha value is -3.87. The second-order valence-electron chi connectivity index (χ2n) is 8.20. The maximum absolute atomic E-state index is 13.4. The lowest BCUT2D eigenvalue weighted by Gasteiger charge is -2.32. The summed E-state index contributed by atoms with van der Waals surface area (Å²) < 4.78 is 5.44. The molecule has 33 heavy (non-hydrogen) atoms. The van der Waals surface area contributed by atoms with Crippen LogP contribution >= 0.6 is 0 Å². The van der Waals surface area contributed by atoms with Crippen molar-refractivity contribution in [1.82, 2.24) is 4.90 Å². The van der Waals surface area contributed by atoms with E-state index in [0.29, 0.717) is 36.4 Å². The summed E-state index contributed by atoms with van der Waals surface area (Å²) in [6, 6.07) is 18.3. The van der Waals surface area contributed by atoms with E-state index in [2.05, 4.69) is 10.6 Å². The highest BCUT2D eigenvalue weighted by molar-refractivity contribution is 6.09. The molecule has 1 atom stereocenters. The third-order valence-electron chi connectivity index (χ3n) is 5.86. The molecule has 2 N–H and O–H groups in total. The summed E-state index contributed by atoms with van der Waals surface area (Å²) in [4.78, 5) is 39.4. The van der Waals surface area contributed by atoms with Gasteiger partial charge >= 0.3 is 0 Å². The fourth-order valence-electron chi connectivity index (χ4n) is 4.30. The number of methoxy groups -OCH3 is 1. The largest absolute Gasteiger partial charge is 0.496 e. The fourth-order valence-corrected chi connectivity index (χ4v) is 4.30. The van der Waals surface area contributed by atoms with Crippen LogP contribution in [0.5, 0.6) is 5.75 Å².